The second kappa shape index (κ2) is 6.30. The zero-order chi connectivity index (χ0) is 11.2. The van der Waals surface area contributed by atoms with Gasteiger partial charge in [0.25, 0.3) is 0 Å². The third kappa shape index (κ3) is 3.25. The van der Waals surface area contributed by atoms with Crippen molar-refractivity contribution in [3.05, 3.63) is 18.0 Å². The molecule has 1 fully saturated rings. The summed E-state index contributed by atoms with van der Waals surface area (Å²) in [5.74, 6) is 1.23. The number of aromatic nitrogens is 2. The molecule has 1 saturated carbocycles. The van der Waals surface area contributed by atoms with Gasteiger partial charge in [0.1, 0.15) is 0 Å². The van der Waals surface area contributed by atoms with Crippen LogP contribution in [0.3, 0.4) is 0 Å². The molecule has 0 bridgehead atoms. The first-order valence-corrected chi connectivity index (χ1v) is 7.28. The number of aromatic amines is 1. The van der Waals surface area contributed by atoms with Crippen molar-refractivity contribution in [1.82, 2.24) is 15.5 Å². The molecule has 1 aromatic rings. The van der Waals surface area contributed by atoms with Gasteiger partial charge in [-0.1, -0.05) is 19.8 Å². The van der Waals surface area contributed by atoms with Gasteiger partial charge >= 0.3 is 0 Å². The van der Waals surface area contributed by atoms with Crippen LogP contribution in [0.1, 0.15) is 38.3 Å². The van der Waals surface area contributed by atoms with Crippen LogP contribution in [0.15, 0.2) is 12.3 Å². The van der Waals surface area contributed by atoms with Crippen molar-refractivity contribution in [3.63, 3.8) is 0 Å². The van der Waals surface area contributed by atoms with E-state index in [1.165, 1.54) is 37.1 Å². The lowest BCUT2D eigenvalue weighted by atomic mass is 9.95. The number of hydrogen-bond donors (Lipinski definition) is 2. The molecule has 1 aliphatic carbocycles. The Morgan fingerprint density at radius 3 is 3.12 bits per heavy atom. The van der Waals surface area contributed by atoms with Crippen LogP contribution in [-0.2, 0) is 6.54 Å². The van der Waals surface area contributed by atoms with E-state index in [-0.39, 0.29) is 0 Å². The van der Waals surface area contributed by atoms with Crippen molar-refractivity contribution in [2.24, 2.45) is 0 Å². The average molecular weight is 239 g/mol. The van der Waals surface area contributed by atoms with Gasteiger partial charge < -0.3 is 5.32 Å². The molecule has 4 heteroatoms. The summed E-state index contributed by atoms with van der Waals surface area (Å²) >= 11 is 2.11. The monoisotopic (exact) mass is 239 g/mol. The van der Waals surface area contributed by atoms with Gasteiger partial charge in [-0.2, -0.15) is 16.9 Å². The minimum absolute atomic E-state index is 0.682. The standard InChI is InChI=1S/C12H21N3S/c1-2-16-12-6-4-3-5-11(12)13-9-10-7-8-14-15-10/h7-8,11-13H,2-6,9H2,1H3,(H,14,15)/t11-,12-/m0/s1. The van der Waals surface area contributed by atoms with Crippen molar-refractivity contribution >= 4 is 11.8 Å². The molecule has 0 spiro atoms. The first kappa shape index (κ1) is 12.0. The number of nitrogens with zero attached hydrogens (tertiary/aromatic N) is 1. The van der Waals surface area contributed by atoms with Gasteiger partial charge in [0.2, 0.25) is 0 Å². The highest BCUT2D eigenvalue weighted by atomic mass is 32.2. The Labute approximate surface area is 102 Å². The highest BCUT2D eigenvalue weighted by Gasteiger charge is 2.24. The number of hydrogen-bond acceptors (Lipinski definition) is 3. The van der Waals surface area contributed by atoms with Crippen LogP contribution < -0.4 is 5.32 Å². The summed E-state index contributed by atoms with van der Waals surface area (Å²) < 4.78 is 0. The largest absolute Gasteiger partial charge is 0.307 e. The quantitative estimate of drug-likeness (QED) is 0.829. The van der Waals surface area contributed by atoms with E-state index in [0.717, 1.165) is 11.8 Å². The molecule has 0 saturated heterocycles. The van der Waals surface area contributed by atoms with Gasteiger partial charge in [0.15, 0.2) is 0 Å². The molecule has 1 aromatic heterocycles. The SMILES string of the molecule is CCS[C@H]1CCCC[C@@H]1NCc1ccn[nH]1. The fraction of sp³-hybridized carbons (Fsp3) is 0.750. The summed E-state index contributed by atoms with van der Waals surface area (Å²) in [5.41, 5.74) is 1.19. The molecule has 2 rings (SSSR count). The summed E-state index contributed by atoms with van der Waals surface area (Å²) in [7, 11) is 0. The predicted octanol–water partition coefficient (Wildman–Crippen LogP) is 2.56. The normalized spacial score (nSPS) is 25.8. The number of H-pyrrole nitrogens is 1. The zero-order valence-electron chi connectivity index (χ0n) is 9.91. The molecule has 0 aliphatic heterocycles. The van der Waals surface area contributed by atoms with Crippen molar-refractivity contribution in [1.29, 1.82) is 0 Å². The molecule has 16 heavy (non-hydrogen) atoms. The molecule has 2 N–H and O–H groups in total. The van der Waals surface area contributed by atoms with E-state index >= 15 is 0 Å². The average Bonchev–Trinajstić information content (AvgIpc) is 2.81. The van der Waals surface area contributed by atoms with Gasteiger partial charge in [-0.25, -0.2) is 0 Å². The molecule has 90 valence electrons. The molecule has 1 aliphatic rings. The highest BCUT2D eigenvalue weighted by molar-refractivity contribution is 7.99. The Hall–Kier alpha value is -0.480. The number of thioether (sulfide) groups is 1. The van der Waals surface area contributed by atoms with E-state index in [4.69, 9.17) is 0 Å². The van der Waals surface area contributed by atoms with Gasteiger partial charge in [-0.15, -0.1) is 0 Å². The summed E-state index contributed by atoms with van der Waals surface area (Å²) in [6.07, 6.45) is 7.29. The minimum Gasteiger partial charge on any atom is -0.307 e. The third-order valence-corrected chi connectivity index (χ3v) is 4.52. The second-order valence-corrected chi connectivity index (χ2v) is 5.86. The van der Waals surface area contributed by atoms with E-state index < -0.39 is 0 Å². The molecule has 1 heterocycles. The Balaban J connectivity index is 1.81. The van der Waals surface area contributed by atoms with E-state index in [1.807, 2.05) is 12.3 Å². The fourth-order valence-electron chi connectivity index (χ4n) is 2.37. The molecule has 0 amide bonds. The van der Waals surface area contributed by atoms with Crippen LogP contribution in [0.2, 0.25) is 0 Å². The van der Waals surface area contributed by atoms with Crippen LogP contribution in [0, 0.1) is 0 Å². The van der Waals surface area contributed by atoms with Crippen molar-refractivity contribution < 1.29 is 0 Å². The summed E-state index contributed by atoms with van der Waals surface area (Å²) in [4.78, 5) is 0. The van der Waals surface area contributed by atoms with Crippen molar-refractivity contribution in [2.75, 3.05) is 5.75 Å². The number of nitrogens with one attached hydrogen (secondary N) is 2. The molecular weight excluding hydrogens is 218 g/mol. The lowest BCUT2D eigenvalue weighted by Gasteiger charge is -2.31. The summed E-state index contributed by atoms with van der Waals surface area (Å²) in [6, 6.07) is 2.72. The van der Waals surface area contributed by atoms with Gasteiger partial charge in [-0.3, -0.25) is 5.10 Å². The molecule has 3 nitrogen and oxygen atoms in total. The Kier molecular flexibility index (Phi) is 4.72. The zero-order valence-corrected chi connectivity index (χ0v) is 10.7. The molecule has 0 radical (unpaired) electrons. The minimum atomic E-state index is 0.682. The molecule has 2 atom stereocenters. The van der Waals surface area contributed by atoms with Gasteiger partial charge in [-0.05, 0) is 24.7 Å². The number of rotatable bonds is 5. The lowest BCUT2D eigenvalue weighted by molar-refractivity contribution is 0.381. The van der Waals surface area contributed by atoms with E-state index in [2.05, 4.69) is 34.2 Å². The highest BCUT2D eigenvalue weighted by Crippen LogP contribution is 2.28. The summed E-state index contributed by atoms with van der Waals surface area (Å²) in [5, 5.41) is 11.4. The van der Waals surface area contributed by atoms with Crippen molar-refractivity contribution in [2.45, 2.75) is 50.4 Å². The summed E-state index contributed by atoms with van der Waals surface area (Å²) in [6.45, 7) is 3.18. The Morgan fingerprint density at radius 2 is 2.38 bits per heavy atom. The topological polar surface area (TPSA) is 40.7 Å². The van der Waals surface area contributed by atoms with Crippen LogP contribution >= 0.6 is 11.8 Å². The third-order valence-electron chi connectivity index (χ3n) is 3.20. The van der Waals surface area contributed by atoms with Crippen LogP contribution in [0.4, 0.5) is 0 Å². The van der Waals surface area contributed by atoms with E-state index in [9.17, 15) is 0 Å². The first-order chi connectivity index (χ1) is 7.90. The van der Waals surface area contributed by atoms with Gasteiger partial charge in [0, 0.05) is 29.7 Å². The maximum atomic E-state index is 3.97. The molecular formula is C12H21N3S. The first-order valence-electron chi connectivity index (χ1n) is 6.23. The van der Waals surface area contributed by atoms with Crippen LogP contribution in [0.5, 0.6) is 0 Å². The van der Waals surface area contributed by atoms with Crippen LogP contribution in [-0.4, -0.2) is 27.2 Å². The Morgan fingerprint density at radius 1 is 1.50 bits per heavy atom. The smallest absolute Gasteiger partial charge is 0.0490 e. The van der Waals surface area contributed by atoms with Crippen molar-refractivity contribution in [3.8, 4) is 0 Å². The van der Waals surface area contributed by atoms with E-state index in [1.54, 1.807) is 0 Å². The second-order valence-electron chi connectivity index (χ2n) is 4.35. The Bertz CT molecular complexity index is 284. The maximum Gasteiger partial charge on any atom is 0.0490 e. The van der Waals surface area contributed by atoms with Crippen LogP contribution in [0.25, 0.3) is 0 Å². The maximum absolute atomic E-state index is 3.97. The molecule has 0 aromatic carbocycles. The molecule has 0 unspecified atom stereocenters. The van der Waals surface area contributed by atoms with E-state index in [0.29, 0.717) is 6.04 Å². The fourth-order valence-corrected chi connectivity index (χ4v) is 3.59. The lowest BCUT2D eigenvalue weighted by Crippen LogP contribution is -2.40. The predicted molar refractivity (Wildman–Crippen MR) is 69.6 cm³/mol. The van der Waals surface area contributed by atoms with Gasteiger partial charge in [0.05, 0.1) is 0 Å².